The molecule has 2 N–H and O–H groups in total. The molecule has 0 saturated heterocycles. The number of hydrogen-bond acceptors (Lipinski definition) is 4. The van der Waals surface area contributed by atoms with Gasteiger partial charge in [0.05, 0.1) is 6.61 Å². The summed E-state index contributed by atoms with van der Waals surface area (Å²) in [7, 11) is 0. The number of carbonyl (C=O) groups is 1. The van der Waals surface area contributed by atoms with Gasteiger partial charge in [0.2, 0.25) is 0 Å². The van der Waals surface area contributed by atoms with Crippen LogP contribution in [0, 0.1) is 11.3 Å². The van der Waals surface area contributed by atoms with Crippen LogP contribution >= 0.6 is 0 Å². The smallest absolute Gasteiger partial charge is 0.267 e. The lowest BCUT2D eigenvalue weighted by atomic mass is 10.2. The average molecular weight is 299 g/mol. The van der Waals surface area contributed by atoms with Gasteiger partial charge in [-0.1, -0.05) is 12.8 Å². The Balaban J connectivity index is 1.93. The number of amides is 1. The zero-order valence-corrected chi connectivity index (χ0v) is 12.8. The second kappa shape index (κ2) is 8.08. The number of benzene rings is 1. The largest absolute Gasteiger partial charge is 0.494 e. The first kappa shape index (κ1) is 15.9. The molecular weight excluding hydrogens is 278 g/mol. The van der Waals surface area contributed by atoms with Crippen molar-refractivity contribution in [3.05, 3.63) is 36.0 Å². The summed E-state index contributed by atoms with van der Waals surface area (Å²) in [5, 5.41) is 15.0. The highest BCUT2D eigenvalue weighted by Gasteiger charge is 2.15. The van der Waals surface area contributed by atoms with Crippen LogP contribution in [0.1, 0.15) is 32.6 Å². The van der Waals surface area contributed by atoms with Gasteiger partial charge in [-0.05, 0) is 44.0 Å². The summed E-state index contributed by atoms with van der Waals surface area (Å²) in [6.45, 7) is 2.51. The van der Waals surface area contributed by atoms with Gasteiger partial charge < -0.3 is 15.4 Å². The van der Waals surface area contributed by atoms with E-state index in [1.54, 1.807) is 24.3 Å². The molecule has 1 aliphatic rings. The van der Waals surface area contributed by atoms with E-state index in [1.165, 1.54) is 19.0 Å². The molecule has 0 bridgehead atoms. The minimum atomic E-state index is -0.405. The highest BCUT2D eigenvalue weighted by Crippen LogP contribution is 2.18. The van der Waals surface area contributed by atoms with Gasteiger partial charge in [-0.25, -0.2) is 0 Å². The molecule has 5 heteroatoms. The lowest BCUT2D eigenvalue weighted by Gasteiger charge is -2.10. The molecule has 1 fully saturated rings. The number of ether oxygens (including phenoxy) is 1. The van der Waals surface area contributed by atoms with Gasteiger partial charge in [-0.15, -0.1) is 0 Å². The van der Waals surface area contributed by atoms with Crippen molar-refractivity contribution >= 4 is 11.6 Å². The molecule has 2 rings (SSSR count). The number of rotatable bonds is 6. The fraction of sp³-hybridized carbons (Fsp3) is 0.412. The van der Waals surface area contributed by atoms with Gasteiger partial charge in [0.15, 0.2) is 0 Å². The number of nitrogens with one attached hydrogen (secondary N) is 2. The van der Waals surface area contributed by atoms with Crippen LogP contribution < -0.4 is 15.4 Å². The van der Waals surface area contributed by atoms with E-state index in [9.17, 15) is 4.79 Å². The van der Waals surface area contributed by atoms with Gasteiger partial charge in [0, 0.05) is 17.9 Å². The van der Waals surface area contributed by atoms with Crippen LogP contribution in [0.5, 0.6) is 5.75 Å². The Hall–Kier alpha value is -2.48. The Labute approximate surface area is 131 Å². The second-order valence-electron chi connectivity index (χ2n) is 5.23. The highest BCUT2D eigenvalue weighted by molar-refractivity contribution is 6.06. The predicted molar refractivity (Wildman–Crippen MR) is 85.3 cm³/mol. The number of nitrogens with zero attached hydrogens (tertiary/aromatic N) is 1. The summed E-state index contributed by atoms with van der Waals surface area (Å²) in [6.07, 6.45) is 6.11. The third kappa shape index (κ3) is 4.52. The Bertz CT molecular complexity index is 567. The Morgan fingerprint density at radius 2 is 2.05 bits per heavy atom. The van der Waals surface area contributed by atoms with Crippen LogP contribution in [0.3, 0.4) is 0 Å². The van der Waals surface area contributed by atoms with E-state index < -0.39 is 5.91 Å². The molecule has 1 amide bonds. The van der Waals surface area contributed by atoms with Crippen LogP contribution in [-0.4, -0.2) is 18.6 Å². The SMILES string of the molecule is CCOc1ccc(NC(=O)/C(C#N)=C\NC2CCCC2)cc1. The van der Waals surface area contributed by atoms with Crippen molar-refractivity contribution in [3.63, 3.8) is 0 Å². The minimum Gasteiger partial charge on any atom is -0.494 e. The standard InChI is InChI=1S/C17H21N3O2/c1-2-22-16-9-7-15(8-10-16)20-17(21)13(11-18)12-19-14-5-3-4-6-14/h7-10,12,14,19H,2-6H2,1H3,(H,20,21)/b13-12-. The topological polar surface area (TPSA) is 74.1 Å². The molecule has 5 nitrogen and oxygen atoms in total. The van der Waals surface area contributed by atoms with E-state index >= 15 is 0 Å². The average Bonchev–Trinajstić information content (AvgIpc) is 3.03. The molecule has 1 aliphatic carbocycles. The van der Waals surface area contributed by atoms with E-state index in [0.29, 0.717) is 18.3 Å². The van der Waals surface area contributed by atoms with Crippen LogP contribution in [0.4, 0.5) is 5.69 Å². The van der Waals surface area contributed by atoms with Crippen molar-refractivity contribution in [2.24, 2.45) is 0 Å². The fourth-order valence-electron chi connectivity index (χ4n) is 2.44. The van der Waals surface area contributed by atoms with Gasteiger partial charge in [0.25, 0.3) is 5.91 Å². The van der Waals surface area contributed by atoms with Crippen LogP contribution in [0.25, 0.3) is 0 Å². The molecule has 0 radical (unpaired) electrons. The minimum absolute atomic E-state index is 0.0841. The molecule has 1 saturated carbocycles. The maximum Gasteiger partial charge on any atom is 0.267 e. The van der Waals surface area contributed by atoms with Crippen molar-refractivity contribution in [2.45, 2.75) is 38.6 Å². The van der Waals surface area contributed by atoms with Crippen LogP contribution in [0.2, 0.25) is 0 Å². The van der Waals surface area contributed by atoms with E-state index in [2.05, 4.69) is 10.6 Å². The molecule has 0 unspecified atom stereocenters. The molecular formula is C17H21N3O2. The summed E-state index contributed by atoms with van der Waals surface area (Å²) in [4.78, 5) is 12.1. The molecule has 116 valence electrons. The Morgan fingerprint density at radius 3 is 2.64 bits per heavy atom. The predicted octanol–water partition coefficient (Wildman–Crippen LogP) is 2.96. The molecule has 0 heterocycles. The van der Waals surface area contributed by atoms with Crippen molar-refractivity contribution in [2.75, 3.05) is 11.9 Å². The van der Waals surface area contributed by atoms with Crippen LogP contribution in [0.15, 0.2) is 36.0 Å². The van der Waals surface area contributed by atoms with Gasteiger partial charge in [-0.3, -0.25) is 4.79 Å². The van der Waals surface area contributed by atoms with E-state index in [1.807, 2.05) is 13.0 Å². The molecule has 1 aromatic carbocycles. The molecule has 0 atom stereocenters. The fourth-order valence-corrected chi connectivity index (χ4v) is 2.44. The number of nitriles is 1. The van der Waals surface area contributed by atoms with E-state index in [0.717, 1.165) is 18.6 Å². The quantitative estimate of drug-likeness (QED) is 0.625. The lowest BCUT2D eigenvalue weighted by Crippen LogP contribution is -2.23. The molecule has 0 spiro atoms. The summed E-state index contributed by atoms with van der Waals surface area (Å²) in [5.41, 5.74) is 0.719. The summed E-state index contributed by atoms with van der Waals surface area (Å²) >= 11 is 0. The summed E-state index contributed by atoms with van der Waals surface area (Å²) in [6, 6.07) is 9.39. The molecule has 22 heavy (non-hydrogen) atoms. The number of hydrogen-bond donors (Lipinski definition) is 2. The van der Waals surface area contributed by atoms with Gasteiger partial charge >= 0.3 is 0 Å². The molecule has 0 aromatic heterocycles. The van der Waals surface area contributed by atoms with Gasteiger partial charge in [0.1, 0.15) is 17.4 Å². The monoisotopic (exact) mass is 299 g/mol. The third-order valence-electron chi connectivity index (χ3n) is 3.61. The third-order valence-corrected chi connectivity index (χ3v) is 3.61. The zero-order valence-electron chi connectivity index (χ0n) is 12.8. The second-order valence-corrected chi connectivity index (χ2v) is 5.23. The Morgan fingerprint density at radius 1 is 1.36 bits per heavy atom. The van der Waals surface area contributed by atoms with Crippen molar-refractivity contribution < 1.29 is 9.53 Å². The summed E-state index contributed by atoms with van der Waals surface area (Å²) < 4.78 is 5.34. The van der Waals surface area contributed by atoms with Crippen molar-refractivity contribution in [3.8, 4) is 11.8 Å². The van der Waals surface area contributed by atoms with Crippen LogP contribution in [-0.2, 0) is 4.79 Å². The number of anilines is 1. The maximum absolute atomic E-state index is 12.1. The van der Waals surface area contributed by atoms with E-state index in [4.69, 9.17) is 10.00 Å². The van der Waals surface area contributed by atoms with Crippen molar-refractivity contribution in [1.82, 2.24) is 5.32 Å². The maximum atomic E-state index is 12.1. The normalized spacial score (nSPS) is 15.2. The number of carbonyl (C=O) groups excluding carboxylic acids is 1. The molecule has 1 aromatic rings. The first-order valence-corrected chi connectivity index (χ1v) is 7.63. The highest BCUT2D eigenvalue weighted by atomic mass is 16.5. The van der Waals surface area contributed by atoms with E-state index in [-0.39, 0.29) is 5.57 Å². The first-order valence-electron chi connectivity index (χ1n) is 7.63. The first-order chi connectivity index (χ1) is 10.7. The zero-order chi connectivity index (χ0) is 15.8. The lowest BCUT2D eigenvalue weighted by molar-refractivity contribution is -0.112. The Kier molecular flexibility index (Phi) is 5.84. The van der Waals surface area contributed by atoms with Gasteiger partial charge in [-0.2, -0.15) is 5.26 Å². The van der Waals surface area contributed by atoms with Crippen molar-refractivity contribution in [1.29, 1.82) is 5.26 Å². The molecule has 0 aliphatic heterocycles. The summed E-state index contributed by atoms with van der Waals surface area (Å²) in [5.74, 6) is 0.344.